The lowest BCUT2D eigenvalue weighted by molar-refractivity contribution is 0.0701. The third-order valence-electron chi connectivity index (χ3n) is 8.69. The molecule has 1 fully saturated rings. The van der Waals surface area contributed by atoms with Gasteiger partial charge < -0.3 is 9.80 Å². The highest BCUT2D eigenvalue weighted by Crippen LogP contribution is 2.33. The summed E-state index contributed by atoms with van der Waals surface area (Å²) >= 11 is 0. The van der Waals surface area contributed by atoms with Crippen molar-refractivity contribution in [3.63, 3.8) is 0 Å². The van der Waals surface area contributed by atoms with Crippen LogP contribution in [0, 0.1) is 31.4 Å². The van der Waals surface area contributed by atoms with Gasteiger partial charge in [-0.05, 0) is 92.6 Å². The van der Waals surface area contributed by atoms with Crippen LogP contribution >= 0.6 is 0 Å². The molecule has 0 saturated carbocycles. The Labute approximate surface area is 271 Å². The second kappa shape index (κ2) is 15.0. The summed E-state index contributed by atoms with van der Waals surface area (Å²) in [6.45, 7) is 14.4. The van der Waals surface area contributed by atoms with Crippen LogP contribution in [0.3, 0.4) is 0 Å². The maximum Gasteiger partial charge on any atom is 0.254 e. The van der Waals surface area contributed by atoms with E-state index in [1.165, 1.54) is 18.2 Å². The Bertz CT molecular complexity index is 1750. The average molecular weight is 618 g/mol. The van der Waals surface area contributed by atoms with Crippen molar-refractivity contribution in [2.75, 3.05) is 18.0 Å². The highest BCUT2D eigenvalue weighted by atomic mass is 19.1. The quantitative estimate of drug-likeness (QED) is 0.157. The molecule has 1 aliphatic rings. The molecule has 1 aromatic heterocycles. The number of pyridine rings is 1. The summed E-state index contributed by atoms with van der Waals surface area (Å²) in [6, 6.07) is 23.2. The van der Waals surface area contributed by atoms with Gasteiger partial charge in [-0.3, -0.25) is 9.78 Å². The molecule has 0 unspecified atom stereocenters. The summed E-state index contributed by atoms with van der Waals surface area (Å²) < 4.78 is 27.6. The molecule has 3 aromatic carbocycles. The lowest BCUT2D eigenvalue weighted by atomic mass is 9.91. The zero-order chi connectivity index (χ0) is 32.6. The molecule has 2 heterocycles. The van der Waals surface area contributed by atoms with Crippen LogP contribution in [0.25, 0.3) is 6.08 Å². The normalized spacial score (nSPS) is 13.6. The minimum absolute atomic E-state index is 0.0108. The van der Waals surface area contributed by atoms with Gasteiger partial charge in [-0.25, -0.2) is 8.78 Å². The Hall–Kier alpha value is -4.84. The minimum Gasteiger partial charge on any atom is -0.341 e. The smallest absolute Gasteiger partial charge is 0.254 e. The maximum atomic E-state index is 14.1. The standard InChI is InChI=1S/C40H41F2N3O/c1-28(24-32-12-8-14-35(41)25-32)10-7-16-37-30(3)43-21-18-38(37)40(46)44-22-19-34(20-23-44)31(4)45(39-17-6-5-11-29(39)2)27-33-13-9-15-36(42)26-33/h5-9,11-18,21,25-26,34H,1,4,10,19-20,22-24,27H2,2-3H3/b16-7-. The van der Waals surface area contributed by atoms with Crippen LogP contribution in [-0.2, 0) is 13.0 Å². The molecule has 1 amide bonds. The van der Waals surface area contributed by atoms with Crippen LogP contribution in [0.4, 0.5) is 14.5 Å². The molecule has 1 saturated heterocycles. The fraction of sp³-hybridized carbons (Fsp3) is 0.250. The van der Waals surface area contributed by atoms with Crippen LogP contribution in [0.15, 0.2) is 116 Å². The molecule has 236 valence electrons. The third-order valence-corrected chi connectivity index (χ3v) is 8.69. The molecule has 6 heteroatoms. The predicted molar refractivity (Wildman–Crippen MR) is 183 cm³/mol. The molecule has 1 aliphatic heterocycles. The van der Waals surface area contributed by atoms with E-state index in [1.54, 1.807) is 30.5 Å². The van der Waals surface area contributed by atoms with Gasteiger partial charge in [0.05, 0.1) is 5.56 Å². The number of aromatic nitrogens is 1. The Morgan fingerprint density at radius 1 is 0.935 bits per heavy atom. The molecule has 4 nitrogen and oxygen atoms in total. The number of likely N-dealkylation sites (tertiary alicyclic amines) is 1. The zero-order valence-electron chi connectivity index (χ0n) is 26.7. The molecule has 0 atom stereocenters. The number of hydrogen-bond acceptors (Lipinski definition) is 3. The van der Waals surface area contributed by atoms with Gasteiger partial charge in [0.25, 0.3) is 5.91 Å². The predicted octanol–water partition coefficient (Wildman–Crippen LogP) is 9.25. The highest BCUT2D eigenvalue weighted by molar-refractivity contribution is 5.98. The molecular formula is C40H41F2N3O. The number of carbonyl (C=O) groups is 1. The van der Waals surface area contributed by atoms with Gasteiger partial charge in [0.1, 0.15) is 11.6 Å². The molecule has 0 radical (unpaired) electrons. The summed E-state index contributed by atoms with van der Waals surface area (Å²) in [6.07, 6.45) is 8.40. The topological polar surface area (TPSA) is 36.4 Å². The van der Waals surface area contributed by atoms with Crippen molar-refractivity contribution in [1.82, 2.24) is 9.88 Å². The number of amides is 1. The molecule has 0 N–H and O–H groups in total. The van der Waals surface area contributed by atoms with E-state index in [9.17, 15) is 13.6 Å². The Kier molecular flexibility index (Phi) is 10.6. The minimum atomic E-state index is -0.256. The second-order valence-electron chi connectivity index (χ2n) is 12.1. The van der Waals surface area contributed by atoms with Crippen molar-refractivity contribution in [1.29, 1.82) is 0 Å². The summed E-state index contributed by atoms with van der Waals surface area (Å²) in [5.74, 6) is -0.340. The number of rotatable bonds is 11. The van der Waals surface area contributed by atoms with E-state index in [1.807, 2.05) is 48.2 Å². The molecule has 4 aromatic rings. The number of aryl methyl sites for hydroxylation is 2. The number of halogens is 2. The van der Waals surface area contributed by atoms with Crippen LogP contribution in [0.2, 0.25) is 0 Å². The molecule has 0 bridgehead atoms. The number of piperidine rings is 1. The number of nitrogens with zero attached hydrogens (tertiary/aromatic N) is 3. The van der Waals surface area contributed by atoms with Crippen molar-refractivity contribution >= 4 is 17.7 Å². The summed E-state index contributed by atoms with van der Waals surface area (Å²) in [7, 11) is 0. The van der Waals surface area contributed by atoms with E-state index < -0.39 is 0 Å². The first kappa shape index (κ1) is 32.6. The van der Waals surface area contributed by atoms with Crippen molar-refractivity contribution < 1.29 is 13.6 Å². The Morgan fingerprint density at radius 2 is 1.61 bits per heavy atom. The van der Waals surface area contributed by atoms with Gasteiger partial charge in [-0.2, -0.15) is 0 Å². The maximum absolute atomic E-state index is 14.1. The molecule has 5 rings (SSSR count). The number of hydrogen-bond donors (Lipinski definition) is 0. The summed E-state index contributed by atoms with van der Waals surface area (Å²) in [5, 5.41) is 0. The van der Waals surface area contributed by atoms with E-state index in [0.29, 0.717) is 38.0 Å². The lowest BCUT2D eigenvalue weighted by Crippen LogP contribution is -2.41. The first-order valence-electron chi connectivity index (χ1n) is 15.8. The number of para-hydroxylation sites is 1. The molecule has 0 spiro atoms. The Balaban J connectivity index is 1.25. The van der Waals surface area contributed by atoms with E-state index in [4.69, 9.17) is 0 Å². The van der Waals surface area contributed by atoms with Gasteiger partial charge >= 0.3 is 0 Å². The van der Waals surface area contributed by atoms with Crippen molar-refractivity contribution in [2.24, 2.45) is 5.92 Å². The van der Waals surface area contributed by atoms with Gasteiger partial charge in [0.2, 0.25) is 0 Å². The number of carbonyl (C=O) groups excluding carboxylic acids is 1. The highest BCUT2D eigenvalue weighted by Gasteiger charge is 2.29. The first-order chi connectivity index (χ1) is 22.2. The van der Waals surface area contributed by atoms with Gasteiger partial charge in [0.15, 0.2) is 0 Å². The monoisotopic (exact) mass is 617 g/mol. The van der Waals surface area contributed by atoms with Gasteiger partial charge in [-0.1, -0.05) is 73.3 Å². The largest absolute Gasteiger partial charge is 0.341 e. The number of allylic oxidation sites excluding steroid dienone is 3. The van der Waals surface area contributed by atoms with E-state index in [-0.39, 0.29) is 23.5 Å². The van der Waals surface area contributed by atoms with Gasteiger partial charge in [0, 0.05) is 54.4 Å². The van der Waals surface area contributed by atoms with Crippen molar-refractivity contribution in [2.45, 2.75) is 46.1 Å². The van der Waals surface area contributed by atoms with Crippen LogP contribution in [0.1, 0.15) is 57.6 Å². The Morgan fingerprint density at radius 3 is 2.30 bits per heavy atom. The van der Waals surface area contributed by atoms with E-state index >= 15 is 0 Å². The van der Waals surface area contributed by atoms with E-state index in [2.05, 4.69) is 42.1 Å². The van der Waals surface area contributed by atoms with Crippen molar-refractivity contribution in [3.05, 3.63) is 161 Å². The van der Waals surface area contributed by atoms with E-state index in [0.717, 1.165) is 57.7 Å². The molecule has 46 heavy (non-hydrogen) atoms. The average Bonchev–Trinajstić information content (AvgIpc) is 3.04. The molecular weight excluding hydrogens is 576 g/mol. The van der Waals surface area contributed by atoms with Crippen molar-refractivity contribution in [3.8, 4) is 0 Å². The zero-order valence-corrected chi connectivity index (χ0v) is 26.7. The lowest BCUT2D eigenvalue weighted by Gasteiger charge is -2.38. The summed E-state index contributed by atoms with van der Waals surface area (Å²) in [4.78, 5) is 22.4. The SMILES string of the molecule is C=C(C/C=C\c1c(C(=O)N2CCC(C(=C)N(Cc3cccc(F)c3)c3ccccc3C)CC2)ccnc1C)Cc1cccc(F)c1. The third kappa shape index (κ3) is 8.05. The van der Waals surface area contributed by atoms with Crippen LogP contribution in [-0.4, -0.2) is 28.9 Å². The van der Waals surface area contributed by atoms with Crippen LogP contribution in [0.5, 0.6) is 0 Å². The molecule has 0 aliphatic carbocycles. The van der Waals surface area contributed by atoms with Gasteiger partial charge in [-0.15, -0.1) is 0 Å². The number of anilines is 1. The first-order valence-corrected chi connectivity index (χ1v) is 15.8. The summed E-state index contributed by atoms with van der Waals surface area (Å²) in [5.41, 5.74) is 8.09. The fourth-order valence-electron chi connectivity index (χ4n) is 6.16. The second-order valence-corrected chi connectivity index (χ2v) is 12.1. The van der Waals surface area contributed by atoms with Crippen LogP contribution < -0.4 is 4.90 Å². The number of benzene rings is 3. The fourth-order valence-corrected chi connectivity index (χ4v) is 6.16.